The summed E-state index contributed by atoms with van der Waals surface area (Å²) >= 11 is 11.4. The van der Waals surface area contributed by atoms with Gasteiger partial charge in [-0.15, -0.1) is 23.2 Å². The Balaban J connectivity index is 4.29. The van der Waals surface area contributed by atoms with Crippen molar-refractivity contribution in [1.82, 2.24) is 4.90 Å². The van der Waals surface area contributed by atoms with E-state index < -0.39 is 0 Å². The van der Waals surface area contributed by atoms with Gasteiger partial charge in [-0.1, -0.05) is 26.7 Å². The average molecular weight is 268 g/mol. The van der Waals surface area contributed by atoms with Crippen LogP contribution in [0, 0.1) is 5.92 Å². The van der Waals surface area contributed by atoms with Crippen LogP contribution < -0.4 is 0 Å². The van der Waals surface area contributed by atoms with Crippen molar-refractivity contribution in [3.8, 4) is 0 Å². The van der Waals surface area contributed by atoms with Crippen LogP contribution in [0.25, 0.3) is 0 Å². The number of unbranched alkanes of at least 4 members (excludes halogenated alkanes) is 1. The van der Waals surface area contributed by atoms with Gasteiger partial charge in [0.25, 0.3) is 0 Å². The van der Waals surface area contributed by atoms with Gasteiger partial charge in [0.15, 0.2) is 0 Å². The third-order valence-electron chi connectivity index (χ3n) is 2.77. The molecule has 0 aliphatic carbocycles. The maximum Gasteiger partial charge on any atom is 0.225 e. The lowest BCUT2D eigenvalue weighted by atomic mass is 9.98. The van der Waals surface area contributed by atoms with Gasteiger partial charge in [0.1, 0.15) is 0 Å². The Kier molecular flexibility index (Phi) is 10.3. The van der Waals surface area contributed by atoms with Gasteiger partial charge in [-0.25, -0.2) is 0 Å². The predicted molar refractivity (Wildman–Crippen MR) is 71.3 cm³/mol. The standard InChI is InChI=1S/C12H23Cl2NO/c1-3-5-6-11(4-2)12(16)15(9-7-13)10-8-14/h11H,3-10H2,1-2H3. The second-order valence-corrected chi connectivity index (χ2v) is 4.71. The van der Waals surface area contributed by atoms with Crippen LogP contribution in [0.1, 0.15) is 39.5 Å². The zero-order chi connectivity index (χ0) is 12.4. The molecular weight excluding hydrogens is 245 g/mol. The Morgan fingerprint density at radius 2 is 1.75 bits per heavy atom. The van der Waals surface area contributed by atoms with Crippen molar-refractivity contribution < 1.29 is 4.79 Å². The van der Waals surface area contributed by atoms with Crippen LogP contribution in [0.4, 0.5) is 0 Å². The number of carbonyl (C=O) groups excluding carboxylic acids is 1. The first-order valence-corrected chi connectivity index (χ1v) is 7.18. The molecule has 0 aliphatic heterocycles. The van der Waals surface area contributed by atoms with E-state index >= 15 is 0 Å². The smallest absolute Gasteiger partial charge is 0.225 e. The molecule has 0 radical (unpaired) electrons. The monoisotopic (exact) mass is 267 g/mol. The Labute approximate surface area is 109 Å². The Morgan fingerprint density at radius 1 is 1.19 bits per heavy atom. The molecule has 0 saturated carbocycles. The number of rotatable bonds is 9. The third kappa shape index (κ3) is 5.95. The fourth-order valence-electron chi connectivity index (χ4n) is 1.75. The second-order valence-electron chi connectivity index (χ2n) is 3.95. The van der Waals surface area contributed by atoms with E-state index in [9.17, 15) is 4.79 Å². The van der Waals surface area contributed by atoms with Gasteiger partial charge in [-0.3, -0.25) is 4.79 Å². The highest BCUT2D eigenvalue weighted by molar-refractivity contribution is 6.18. The molecule has 1 unspecified atom stereocenters. The minimum absolute atomic E-state index is 0.145. The summed E-state index contributed by atoms with van der Waals surface area (Å²) in [4.78, 5) is 14.0. The van der Waals surface area contributed by atoms with Crippen LogP contribution in [0.2, 0.25) is 0 Å². The molecule has 0 heterocycles. The summed E-state index contributed by atoms with van der Waals surface area (Å²) in [5.74, 6) is 1.32. The molecule has 1 atom stereocenters. The third-order valence-corrected chi connectivity index (χ3v) is 3.11. The number of nitrogens with zero attached hydrogens (tertiary/aromatic N) is 1. The summed E-state index contributed by atoms with van der Waals surface area (Å²) in [6, 6.07) is 0. The van der Waals surface area contributed by atoms with E-state index in [1.807, 2.05) is 0 Å². The van der Waals surface area contributed by atoms with E-state index in [1.165, 1.54) is 0 Å². The zero-order valence-electron chi connectivity index (χ0n) is 10.3. The van der Waals surface area contributed by atoms with E-state index in [0.29, 0.717) is 24.8 Å². The van der Waals surface area contributed by atoms with Crippen molar-refractivity contribution in [2.24, 2.45) is 5.92 Å². The van der Waals surface area contributed by atoms with E-state index in [4.69, 9.17) is 23.2 Å². The van der Waals surface area contributed by atoms with E-state index in [1.54, 1.807) is 4.90 Å². The fourth-order valence-corrected chi connectivity index (χ4v) is 2.16. The summed E-state index contributed by atoms with van der Waals surface area (Å²) in [5, 5.41) is 0. The highest BCUT2D eigenvalue weighted by Gasteiger charge is 2.21. The van der Waals surface area contributed by atoms with Crippen LogP contribution in [-0.4, -0.2) is 35.7 Å². The molecule has 0 N–H and O–H groups in total. The molecule has 0 aliphatic rings. The topological polar surface area (TPSA) is 20.3 Å². The molecule has 0 aromatic heterocycles. The minimum Gasteiger partial charge on any atom is -0.340 e. The lowest BCUT2D eigenvalue weighted by Crippen LogP contribution is -2.38. The Bertz CT molecular complexity index is 182. The number of carbonyl (C=O) groups is 1. The average Bonchev–Trinajstić information content (AvgIpc) is 2.29. The number of amides is 1. The van der Waals surface area contributed by atoms with Crippen LogP contribution >= 0.6 is 23.2 Å². The van der Waals surface area contributed by atoms with Crippen molar-refractivity contribution in [2.75, 3.05) is 24.8 Å². The lowest BCUT2D eigenvalue weighted by molar-refractivity contribution is -0.135. The van der Waals surface area contributed by atoms with E-state index in [0.717, 1.165) is 25.7 Å². The summed E-state index contributed by atoms with van der Waals surface area (Å²) in [6.07, 6.45) is 4.13. The van der Waals surface area contributed by atoms with Gasteiger partial charge < -0.3 is 4.90 Å². The van der Waals surface area contributed by atoms with Crippen molar-refractivity contribution >= 4 is 29.1 Å². The largest absolute Gasteiger partial charge is 0.340 e. The molecule has 16 heavy (non-hydrogen) atoms. The first kappa shape index (κ1) is 16.1. The highest BCUT2D eigenvalue weighted by Crippen LogP contribution is 2.16. The van der Waals surface area contributed by atoms with Gasteiger partial charge in [0, 0.05) is 30.8 Å². The summed E-state index contributed by atoms with van der Waals surface area (Å²) in [6.45, 7) is 5.43. The number of halogens is 2. The molecule has 0 spiro atoms. The zero-order valence-corrected chi connectivity index (χ0v) is 11.9. The summed E-state index contributed by atoms with van der Waals surface area (Å²) < 4.78 is 0. The van der Waals surface area contributed by atoms with Gasteiger partial charge in [0.2, 0.25) is 5.91 Å². The molecule has 0 aromatic rings. The second kappa shape index (κ2) is 10.2. The predicted octanol–water partition coefficient (Wildman–Crippen LogP) is 3.51. The molecule has 0 bridgehead atoms. The molecule has 2 nitrogen and oxygen atoms in total. The maximum absolute atomic E-state index is 12.2. The number of alkyl halides is 2. The van der Waals surface area contributed by atoms with Crippen molar-refractivity contribution in [1.29, 1.82) is 0 Å². The van der Waals surface area contributed by atoms with Crippen LogP contribution in [-0.2, 0) is 4.79 Å². The van der Waals surface area contributed by atoms with E-state index in [-0.39, 0.29) is 11.8 Å². The first-order valence-electron chi connectivity index (χ1n) is 6.11. The highest BCUT2D eigenvalue weighted by atomic mass is 35.5. The number of hydrogen-bond acceptors (Lipinski definition) is 1. The molecule has 0 fully saturated rings. The molecule has 1 amide bonds. The normalized spacial score (nSPS) is 12.5. The summed E-state index contributed by atoms with van der Waals surface area (Å²) in [5.41, 5.74) is 0. The van der Waals surface area contributed by atoms with Crippen molar-refractivity contribution in [3.05, 3.63) is 0 Å². The van der Waals surface area contributed by atoms with Crippen LogP contribution in [0.3, 0.4) is 0 Å². The van der Waals surface area contributed by atoms with Gasteiger partial charge >= 0.3 is 0 Å². The minimum atomic E-state index is 0.145. The fraction of sp³-hybridized carbons (Fsp3) is 0.917. The SMILES string of the molecule is CCCCC(CC)C(=O)N(CCCl)CCCl. The molecule has 96 valence electrons. The van der Waals surface area contributed by atoms with Gasteiger partial charge in [-0.05, 0) is 12.8 Å². The van der Waals surface area contributed by atoms with Gasteiger partial charge in [-0.2, -0.15) is 0 Å². The lowest BCUT2D eigenvalue weighted by Gasteiger charge is -2.25. The van der Waals surface area contributed by atoms with E-state index in [2.05, 4.69) is 13.8 Å². The number of hydrogen-bond donors (Lipinski definition) is 0. The Morgan fingerprint density at radius 3 is 2.12 bits per heavy atom. The first-order chi connectivity index (χ1) is 7.71. The quantitative estimate of drug-likeness (QED) is 0.586. The van der Waals surface area contributed by atoms with Crippen LogP contribution in [0.15, 0.2) is 0 Å². The molecule has 0 rings (SSSR count). The molecule has 4 heteroatoms. The summed E-state index contributed by atoms with van der Waals surface area (Å²) in [7, 11) is 0. The molecule has 0 saturated heterocycles. The molecular formula is C12H23Cl2NO. The maximum atomic E-state index is 12.2. The van der Waals surface area contributed by atoms with Crippen molar-refractivity contribution in [2.45, 2.75) is 39.5 Å². The molecule has 0 aromatic carbocycles. The van der Waals surface area contributed by atoms with Gasteiger partial charge in [0.05, 0.1) is 0 Å². The Hall–Kier alpha value is 0.0500. The van der Waals surface area contributed by atoms with Crippen LogP contribution in [0.5, 0.6) is 0 Å². The van der Waals surface area contributed by atoms with Crippen molar-refractivity contribution in [3.63, 3.8) is 0 Å².